The summed E-state index contributed by atoms with van der Waals surface area (Å²) >= 11 is 28.5. The first-order valence-corrected chi connectivity index (χ1v) is 10.2. The van der Waals surface area contributed by atoms with Crippen LogP contribution in [-0.2, 0) is 6.18 Å². The Morgan fingerprint density at radius 3 is 2.31 bits per heavy atom. The molecule has 0 saturated heterocycles. The van der Waals surface area contributed by atoms with Gasteiger partial charge in [-0.05, 0) is 36.5 Å². The molecule has 2 aromatic rings. The average Bonchev–Trinajstić information content (AvgIpc) is 2.67. The molecule has 0 aliphatic carbocycles. The van der Waals surface area contributed by atoms with E-state index in [2.05, 4.69) is 16.0 Å². The Labute approximate surface area is 204 Å². The second kappa shape index (κ2) is 10.3. The molecule has 2 rings (SSSR count). The number of nitro benzene ring substituents is 1. The SMILES string of the molecule is O=C(NC(NC(=S)Nc1cc(C(F)(F)F)ccc1Cl)C(Cl)(Cl)Cl)c1cccc([N+](=O)[O-])c1. The Morgan fingerprint density at radius 2 is 1.75 bits per heavy atom. The summed E-state index contributed by atoms with van der Waals surface area (Å²) in [5.74, 6) is -0.850. The van der Waals surface area contributed by atoms with Gasteiger partial charge < -0.3 is 16.0 Å². The van der Waals surface area contributed by atoms with Crippen LogP contribution in [-0.4, -0.2) is 25.9 Å². The van der Waals surface area contributed by atoms with Crippen molar-refractivity contribution in [3.05, 3.63) is 68.7 Å². The lowest BCUT2D eigenvalue weighted by Crippen LogP contribution is -2.56. The Balaban J connectivity index is 2.18. The molecule has 1 amide bonds. The average molecular weight is 550 g/mol. The van der Waals surface area contributed by atoms with Crippen molar-refractivity contribution >= 4 is 81.0 Å². The van der Waals surface area contributed by atoms with Crippen LogP contribution >= 0.6 is 58.6 Å². The molecule has 0 aliphatic heterocycles. The highest BCUT2D eigenvalue weighted by Crippen LogP contribution is 2.34. The molecule has 0 bridgehead atoms. The van der Waals surface area contributed by atoms with Crippen LogP contribution in [0, 0.1) is 10.1 Å². The summed E-state index contributed by atoms with van der Waals surface area (Å²) < 4.78 is 36.6. The van der Waals surface area contributed by atoms with Gasteiger partial charge in [-0.2, -0.15) is 13.2 Å². The van der Waals surface area contributed by atoms with Crippen molar-refractivity contribution < 1.29 is 22.9 Å². The number of anilines is 1. The van der Waals surface area contributed by atoms with Crippen LogP contribution < -0.4 is 16.0 Å². The van der Waals surface area contributed by atoms with Crippen LogP contribution in [0.3, 0.4) is 0 Å². The Morgan fingerprint density at radius 1 is 1.09 bits per heavy atom. The molecule has 1 atom stereocenters. The molecule has 15 heteroatoms. The molecule has 1 unspecified atom stereocenters. The van der Waals surface area contributed by atoms with Gasteiger partial charge in [0.15, 0.2) is 5.11 Å². The Hall–Kier alpha value is -2.05. The maximum atomic E-state index is 12.9. The summed E-state index contributed by atoms with van der Waals surface area (Å²) in [4.78, 5) is 22.7. The number of thiocarbonyl (C=S) groups is 1. The number of hydrogen-bond acceptors (Lipinski definition) is 4. The van der Waals surface area contributed by atoms with Gasteiger partial charge in [0.25, 0.3) is 11.6 Å². The third-order valence-corrected chi connectivity index (χ3v) is 4.94. The van der Waals surface area contributed by atoms with E-state index in [0.717, 1.165) is 24.3 Å². The zero-order valence-electron chi connectivity index (χ0n) is 15.3. The van der Waals surface area contributed by atoms with Gasteiger partial charge in [-0.1, -0.05) is 52.5 Å². The van der Waals surface area contributed by atoms with Crippen molar-refractivity contribution in [2.45, 2.75) is 16.1 Å². The molecule has 0 aliphatic rings. The topological polar surface area (TPSA) is 96.3 Å². The highest BCUT2D eigenvalue weighted by Gasteiger charge is 2.35. The van der Waals surface area contributed by atoms with Crippen LogP contribution in [0.1, 0.15) is 15.9 Å². The first-order chi connectivity index (χ1) is 14.7. The lowest BCUT2D eigenvalue weighted by atomic mass is 10.2. The van der Waals surface area contributed by atoms with Crippen molar-refractivity contribution in [1.82, 2.24) is 10.6 Å². The van der Waals surface area contributed by atoms with E-state index in [-0.39, 0.29) is 27.1 Å². The summed E-state index contributed by atoms with van der Waals surface area (Å²) in [6.07, 6.45) is -6.11. The monoisotopic (exact) mass is 548 g/mol. The molecule has 3 N–H and O–H groups in total. The van der Waals surface area contributed by atoms with E-state index in [1.807, 2.05) is 0 Å². The predicted octanol–water partition coefficient (Wildman–Crippen LogP) is 5.68. The highest BCUT2D eigenvalue weighted by molar-refractivity contribution is 7.80. The van der Waals surface area contributed by atoms with E-state index >= 15 is 0 Å². The second-order valence-corrected chi connectivity index (χ2v) is 9.23. The number of amides is 1. The van der Waals surface area contributed by atoms with Gasteiger partial charge >= 0.3 is 6.18 Å². The predicted molar refractivity (Wildman–Crippen MR) is 120 cm³/mol. The largest absolute Gasteiger partial charge is 0.416 e. The fourth-order valence-electron chi connectivity index (χ4n) is 2.26. The molecule has 0 aromatic heterocycles. The number of halogens is 7. The third kappa shape index (κ3) is 7.24. The van der Waals surface area contributed by atoms with Crippen LogP contribution in [0.4, 0.5) is 24.5 Å². The summed E-state index contributed by atoms with van der Waals surface area (Å²) in [6.45, 7) is 0. The summed E-state index contributed by atoms with van der Waals surface area (Å²) in [5, 5.41) is 17.7. The second-order valence-electron chi connectivity index (χ2n) is 6.05. The molecule has 7 nitrogen and oxygen atoms in total. The molecule has 172 valence electrons. The number of carbonyl (C=O) groups is 1. The molecule has 2 aromatic carbocycles. The standard InChI is InChI=1S/C17H11Cl4F3N4O3S/c18-11-5-4-9(17(22,23)24)7-12(11)25-15(32)27-14(16(19,20)21)26-13(29)8-2-1-3-10(6-8)28(30)31/h1-7,14H,(H,26,29)(H2,25,27,32). The molecule has 0 heterocycles. The van der Waals surface area contributed by atoms with E-state index in [1.54, 1.807) is 0 Å². The fourth-order valence-corrected chi connectivity index (χ4v) is 2.98. The van der Waals surface area contributed by atoms with Gasteiger partial charge in [0, 0.05) is 17.7 Å². The van der Waals surface area contributed by atoms with Gasteiger partial charge in [0.2, 0.25) is 3.79 Å². The number of non-ortho nitro benzene ring substituents is 1. The number of nitrogens with one attached hydrogen (secondary N) is 3. The van der Waals surface area contributed by atoms with Gasteiger partial charge in [0.05, 0.1) is 21.2 Å². The van der Waals surface area contributed by atoms with Crippen molar-refractivity contribution in [1.29, 1.82) is 0 Å². The zero-order valence-corrected chi connectivity index (χ0v) is 19.2. The van der Waals surface area contributed by atoms with Crippen molar-refractivity contribution in [3.63, 3.8) is 0 Å². The summed E-state index contributed by atoms with van der Waals surface area (Å²) in [5.41, 5.74) is -1.62. The van der Waals surface area contributed by atoms with Crippen molar-refractivity contribution in [3.8, 4) is 0 Å². The smallest absolute Gasteiger partial charge is 0.339 e. The van der Waals surface area contributed by atoms with Gasteiger partial charge in [-0.25, -0.2) is 0 Å². The summed E-state index contributed by atoms with van der Waals surface area (Å²) in [7, 11) is 0. The first kappa shape index (κ1) is 26.2. The molecule has 0 saturated carbocycles. The van der Waals surface area contributed by atoms with Gasteiger partial charge in [0.1, 0.15) is 6.17 Å². The number of benzene rings is 2. The van der Waals surface area contributed by atoms with E-state index in [0.29, 0.717) is 0 Å². The molecule has 32 heavy (non-hydrogen) atoms. The normalized spacial score (nSPS) is 12.6. The zero-order chi connectivity index (χ0) is 24.3. The fraction of sp³-hybridized carbons (Fsp3) is 0.176. The third-order valence-electron chi connectivity index (χ3n) is 3.74. The lowest BCUT2D eigenvalue weighted by molar-refractivity contribution is -0.384. The minimum atomic E-state index is -4.62. The molecule has 0 fully saturated rings. The summed E-state index contributed by atoms with van der Waals surface area (Å²) in [6, 6.07) is 7.29. The number of carbonyl (C=O) groups excluding carboxylic acids is 1. The van der Waals surface area contributed by atoms with Gasteiger partial charge in [-0.15, -0.1) is 0 Å². The van der Waals surface area contributed by atoms with Crippen LogP contribution in [0.2, 0.25) is 5.02 Å². The van der Waals surface area contributed by atoms with Crippen LogP contribution in [0.15, 0.2) is 42.5 Å². The molecule has 0 radical (unpaired) electrons. The Bertz CT molecular complexity index is 1050. The number of nitrogens with zero attached hydrogens (tertiary/aromatic N) is 1. The van der Waals surface area contributed by atoms with Crippen molar-refractivity contribution in [2.75, 3.05) is 5.32 Å². The highest BCUT2D eigenvalue weighted by atomic mass is 35.6. The Kier molecular flexibility index (Phi) is 8.40. The quantitative estimate of drug-likeness (QED) is 0.146. The number of hydrogen-bond donors (Lipinski definition) is 3. The maximum absolute atomic E-state index is 12.9. The minimum Gasteiger partial charge on any atom is -0.339 e. The molecular formula is C17H11Cl4F3N4O3S. The van der Waals surface area contributed by atoms with E-state index < -0.39 is 32.5 Å². The molecule has 0 spiro atoms. The number of alkyl halides is 6. The van der Waals surface area contributed by atoms with E-state index in [9.17, 15) is 28.1 Å². The van der Waals surface area contributed by atoms with E-state index in [4.69, 9.17) is 58.6 Å². The maximum Gasteiger partial charge on any atom is 0.416 e. The lowest BCUT2D eigenvalue weighted by Gasteiger charge is -2.28. The number of rotatable bonds is 5. The van der Waals surface area contributed by atoms with Gasteiger partial charge in [-0.3, -0.25) is 14.9 Å². The van der Waals surface area contributed by atoms with Crippen molar-refractivity contribution in [2.24, 2.45) is 0 Å². The van der Waals surface area contributed by atoms with Crippen LogP contribution in [0.5, 0.6) is 0 Å². The number of nitro groups is 1. The van der Waals surface area contributed by atoms with Crippen LogP contribution in [0.25, 0.3) is 0 Å². The first-order valence-electron chi connectivity index (χ1n) is 8.25. The molecular weight excluding hydrogens is 539 g/mol. The van der Waals surface area contributed by atoms with E-state index in [1.165, 1.54) is 18.2 Å². The minimum absolute atomic E-state index is 0.0757.